The molecule has 0 saturated heterocycles. The number of carbonyl (C=O) groups is 1. The van der Waals surface area contributed by atoms with Gasteiger partial charge in [-0.05, 0) is 42.5 Å². The van der Waals surface area contributed by atoms with Crippen molar-refractivity contribution in [3.63, 3.8) is 0 Å². The van der Waals surface area contributed by atoms with Gasteiger partial charge in [-0.3, -0.25) is 9.59 Å². The minimum Gasteiger partial charge on any atom is -0.439 e. The minimum atomic E-state index is -0.541. The van der Waals surface area contributed by atoms with E-state index >= 15 is 0 Å². The number of nitrogens with one attached hydrogen (secondary N) is 2. The summed E-state index contributed by atoms with van der Waals surface area (Å²) in [5.41, 5.74) is 0.721. The topological polar surface area (TPSA) is 84.1 Å². The van der Waals surface area contributed by atoms with Crippen molar-refractivity contribution < 1.29 is 13.9 Å². The van der Waals surface area contributed by atoms with Crippen LogP contribution in [0.4, 0.5) is 10.1 Å². The quantitative estimate of drug-likeness (QED) is 0.562. The summed E-state index contributed by atoms with van der Waals surface area (Å²) in [4.78, 5) is 32.0. The van der Waals surface area contributed by atoms with E-state index in [1.165, 1.54) is 36.7 Å². The summed E-state index contributed by atoms with van der Waals surface area (Å²) in [6.45, 7) is 0. The number of hydrogen-bond acceptors (Lipinski definition) is 4. The number of aromatic nitrogens is 2. The molecule has 0 atom stereocenters. The third-order valence-corrected chi connectivity index (χ3v) is 4.06. The Hall–Kier alpha value is -4.00. The molecule has 7 heteroatoms. The predicted molar refractivity (Wildman–Crippen MR) is 103 cm³/mol. The molecule has 0 fully saturated rings. The van der Waals surface area contributed by atoms with E-state index in [0.717, 1.165) is 0 Å². The van der Waals surface area contributed by atoms with E-state index < -0.39 is 5.91 Å². The maximum absolute atomic E-state index is 12.9. The van der Waals surface area contributed by atoms with Crippen LogP contribution in [0.3, 0.4) is 0 Å². The predicted octanol–water partition coefficient (Wildman–Crippen LogP) is 4.11. The molecular formula is C21H14FN3O3. The van der Waals surface area contributed by atoms with Crippen LogP contribution in [-0.4, -0.2) is 15.9 Å². The molecule has 2 N–H and O–H groups in total. The molecule has 0 aliphatic rings. The van der Waals surface area contributed by atoms with Crippen molar-refractivity contribution in [3.8, 4) is 11.6 Å². The summed E-state index contributed by atoms with van der Waals surface area (Å²) in [5, 5.41) is 3.08. The maximum atomic E-state index is 12.9. The van der Waals surface area contributed by atoms with Crippen LogP contribution >= 0.6 is 0 Å². The van der Waals surface area contributed by atoms with Crippen LogP contribution in [0.15, 0.2) is 77.9 Å². The van der Waals surface area contributed by atoms with Gasteiger partial charge in [0.25, 0.3) is 5.91 Å². The summed E-state index contributed by atoms with van der Waals surface area (Å²) in [6.07, 6.45) is 2.80. The lowest BCUT2D eigenvalue weighted by molar-refractivity contribution is 0.102. The Labute approximate surface area is 158 Å². The first-order chi connectivity index (χ1) is 13.6. The van der Waals surface area contributed by atoms with Crippen molar-refractivity contribution in [2.24, 2.45) is 0 Å². The molecule has 4 rings (SSSR count). The van der Waals surface area contributed by atoms with Crippen molar-refractivity contribution in [2.75, 3.05) is 5.32 Å². The first-order valence-corrected chi connectivity index (χ1v) is 8.41. The monoisotopic (exact) mass is 375 g/mol. The number of pyridine rings is 2. The lowest BCUT2D eigenvalue weighted by Gasteiger charge is -2.07. The number of amides is 1. The zero-order chi connectivity index (χ0) is 19.5. The Morgan fingerprint density at radius 2 is 1.82 bits per heavy atom. The van der Waals surface area contributed by atoms with E-state index in [0.29, 0.717) is 22.3 Å². The summed E-state index contributed by atoms with van der Waals surface area (Å²) in [5.74, 6) is -0.176. The van der Waals surface area contributed by atoms with Crippen LogP contribution in [0.5, 0.6) is 11.6 Å². The molecule has 2 aromatic heterocycles. The molecule has 0 bridgehead atoms. The van der Waals surface area contributed by atoms with E-state index in [1.54, 1.807) is 36.4 Å². The third kappa shape index (κ3) is 3.59. The molecule has 0 radical (unpaired) electrons. The van der Waals surface area contributed by atoms with Crippen molar-refractivity contribution in [3.05, 3.63) is 94.7 Å². The number of anilines is 1. The number of hydrogen-bond donors (Lipinski definition) is 2. The summed E-state index contributed by atoms with van der Waals surface area (Å²) >= 11 is 0. The fraction of sp³-hybridized carbons (Fsp3) is 0. The van der Waals surface area contributed by atoms with Crippen molar-refractivity contribution in [2.45, 2.75) is 0 Å². The summed E-state index contributed by atoms with van der Waals surface area (Å²) < 4.78 is 18.4. The molecule has 0 spiro atoms. The van der Waals surface area contributed by atoms with Gasteiger partial charge in [-0.25, -0.2) is 9.37 Å². The van der Waals surface area contributed by atoms with Gasteiger partial charge in [0.05, 0.1) is 11.9 Å². The van der Waals surface area contributed by atoms with E-state index in [2.05, 4.69) is 15.3 Å². The Bertz CT molecular complexity index is 1200. The van der Waals surface area contributed by atoms with Gasteiger partial charge in [-0.1, -0.05) is 12.1 Å². The lowest BCUT2D eigenvalue weighted by atomic mass is 10.1. The minimum absolute atomic E-state index is 0.00494. The van der Waals surface area contributed by atoms with Crippen LogP contribution in [-0.2, 0) is 0 Å². The van der Waals surface area contributed by atoms with Crippen molar-refractivity contribution in [1.82, 2.24) is 9.97 Å². The molecule has 0 aliphatic carbocycles. The van der Waals surface area contributed by atoms with Crippen LogP contribution in [0.2, 0.25) is 0 Å². The highest BCUT2D eigenvalue weighted by molar-refractivity contribution is 6.05. The third-order valence-electron chi connectivity index (χ3n) is 4.06. The molecule has 2 aromatic carbocycles. The molecule has 2 heterocycles. The summed E-state index contributed by atoms with van der Waals surface area (Å²) in [7, 11) is 0. The second-order valence-corrected chi connectivity index (χ2v) is 5.97. The fourth-order valence-electron chi connectivity index (χ4n) is 2.67. The van der Waals surface area contributed by atoms with E-state index in [1.807, 2.05) is 0 Å². The molecule has 1 amide bonds. The lowest BCUT2D eigenvalue weighted by Crippen LogP contribution is -2.21. The molecule has 0 saturated carbocycles. The van der Waals surface area contributed by atoms with Gasteiger partial charge in [0.2, 0.25) is 11.3 Å². The van der Waals surface area contributed by atoms with Crippen LogP contribution < -0.4 is 15.5 Å². The number of carbonyl (C=O) groups excluding carboxylic acids is 1. The van der Waals surface area contributed by atoms with Crippen LogP contribution in [0, 0.1) is 5.82 Å². The second kappa shape index (κ2) is 7.32. The highest BCUT2D eigenvalue weighted by Gasteiger charge is 2.13. The summed E-state index contributed by atoms with van der Waals surface area (Å²) in [6, 6.07) is 15.7. The van der Waals surface area contributed by atoms with E-state index in [9.17, 15) is 14.0 Å². The molecule has 28 heavy (non-hydrogen) atoms. The smallest absolute Gasteiger partial charge is 0.261 e. The fourth-order valence-corrected chi connectivity index (χ4v) is 2.67. The van der Waals surface area contributed by atoms with Crippen molar-refractivity contribution >= 4 is 22.5 Å². The van der Waals surface area contributed by atoms with Gasteiger partial charge in [-0.15, -0.1) is 0 Å². The van der Waals surface area contributed by atoms with Gasteiger partial charge in [0, 0.05) is 23.2 Å². The molecule has 0 unspecified atom stereocenters. The zero-order valence-electron chi connectivity index (χ0n) is 14.5. The maximum Gasteiger partial charge on any atom is 0.261 e. The number of nitrogens with zero attached hydrogens (tertiary/aromatic N) is 1. The number of fused-ring (bicyclic) bond motifs is 1. The van der Waals surface area contributed by atoms with Gasteiger partial charge in [0.1, 0.15) is 17.1 Å². The molecule has 138 valence electrons. The number of benzene rings is 2. The van der Waals surface area contributed by atoms with Crippen molar-refractivity contribution in [1.29, 1.82) is 0 Å². The number of ether oxygens (including phenoxy) is 1. The van der Waals surface area contributed by atoms with Gasteiger partial charge in [-0.2, -0.15) is 0 Å². The Morgan fingerprint density at radius 1 is 1.04 bits per heavy atom. The Balaban J connectivity index is 1.50. The number of halogens is 1. The first kappa shape index (κ1) is 17.4. The molecule has 6 nitrogen and oxygen atoms in total. The Kier molecular flexibility index (Phi) is 4.55. The number of aromatic amines is 1. The average molecular weight is 375 g/mol. The highest BCUT2D eigenvalue weighted by atomic mass is 19.1. The first-order valence-electron chi connectivity index (χ1n) is 8.41. The number of para-hydroxylation sites is 1. The SMILES string of the molecule is O=C(Nc1ccc(Oc2ccc(F)cc2)nc1)c1c[nH]c2ccccc2c1=O. The van der Waals surface area contributed by atoms with Gasteiger partial charge >= 0.3 is 0 Å². The molecule has 4 aromatic rings. The number of rotatable bonds is 4. The zero-order valence-corrected chi connectivity index (χ0v) is 14.5. The largest absolute Gasteiger partial charge is 0.439 e. The average Bonchev–Trinajstić information content (AvgIpc) is 2.71. The van der Waals surface area contributed by atoms with Gasteiger partial charge in [0.15, 0.2) is 0 Å². The van der Waals surface area contributed by atoms with E-state index in [4.69, 9.17) is 4.74 Å². The highest BCUT2D eigenvalue weighted by Crippen LogP contribution is 2.20. The van der Waals surface area contributed by atoms with Gasteiger partial charge < -0.3 is 15.0 Å². The number of H-pyrrole nitrogens is 1. The van der Waals surface area contributed by atoms with E-state index in [-0.39, 0.29) is 22.7 Å². The molecular weight excluding hydrogens is 361 g/mol. The Morgan fingerprint density at radius 3 is 2.57 bits per heavy atom. The second-order valence-electron chi connectivity index (χ2n) is 5.97. The van der Waals surface area contributed by atoms with Crippen LogP contribution in [0.1, 0.15) is 10.4 Å². The molecule has 0 aliphatic heterocycles. The normalized spacial score (nSPS) is 10.6. The standard InChI is InChI=1S/C21H14FN3O3/c22-13-5-8-15(9-6-13)28-19-10-7-14(11-24-19)25-21(27)17-12-23-18-4-2-1-3-16(18)20(17)26/h1-12H,(H,23,26)(H,25,27). The van der Waals surface area contributed by atoms with Crippen LogP contribution in [0.25, 0.3) is 10.9 Å².